The molecule has 1 heterocycles. The first-order valence-electron chi connectivity index (χ1n) is 4.50. The molecule has 1 N–H and O–H groups in total. The van der Waals surface area contributed by atoms with E-state index in [1.807, 2.05) is 0 Å². The van der Waals surface area contributed by atoms with E-state index in [1.165, 1.54) is 13.3 Å². The summed E-state index contributed by atoms with van der Waals surface area (Å²) in [6.45, 7) is 7.64. The summed E-state index contributed by atoms with van der Waals surface area (Å²) in [6.07, 6.45) is 1.46. The van der Waals surface area contributed by atoms with Crippen LogP contribution in [0.5, 0.6) is 0 Å². The lowest BCUT2D eigenvalue weighted by Gasteiger charge is -2.17. The van der Waals surface area contributed by atoms with Crippen molar-refractivity contribution in [3.05, 3.63) is 18.1 Å². The Labute approximate surface area is 83.8 Å². The van der Waals surface area contributed by atoms with E-state index in [2.05, 4.69) is 36.1 Å². The van der Waals surface area contributed by atoms with Crippen molar-refractivity contribution in [1.29, 1.82) is 0 Å². The lowest BCUT2D eigenvalue weighted by Crippen LogP contribution is -2.15. The molecule has 0 atom stereocenters. The third-order valence-corrected chi connectivity index (χ3v) is 1.74. The third-order valence-electron chi connectivity index (χ3n) is 1.74. The van der Waals surface area contributed by atoms with Crippen LogP contribution in [0.1, 0.15) is 33.4 Å². The molecular weight excluding hydrogens is 178 g/mol. The molecule has 0 bridgehead atoms. The molecule has 4 heteroatoms. The fourth-order valence-corrected chi connectivity index (χ4v) is 1.02. The minimum Gasteiger partial charge on any atom is -0.311 e. The van der Waals surface area contributed by atoms with Crippen molar-refractivity contribution in [2.75, 3.05) is 5.32 Å². The standard InChI is InChI=1S/C10H15N3O/c1-7(14)13-9-5-8(10(2,3)4)11-6-12-9/h5-6H,1-4H3,(H,11,12,13,14). The monoisotopic (exact) mass is 193 g/mol. The van der Waals surface area contributed by atoms with Crippen molar-refractivity contribution in [2.45, 2.75) is 33.1 Å². The first kappa shape index (κ1) is 10.6. The minimum atomic E-state index is -0.122. The van der Waals surface area contributed by atoms with Crippen LogP contribution in [0.2, 0.25) is 0 Å². The van der Waals surface area contributed by atoms with Gasteiger partial charge in [0.15, 0.2) is 0 Å². The topological polar surface area (TPSA) is 54.9 Å². The Morgan fingerprint density at radius 2 is 2.00 bits per heavy atom. The Balaban J connectivity index is 2.95. The van der Waals surface area contributed by atoms with Crippen molar-refractivity contribution in [3.8, 4) is 0 Å². The predicted octanol–water partition coefficient (Wildman–Crippen LogP) is 1.73. The SMILES string of the molecule is CC(=O)Nc1cc(C(C)(C)C)ncn1. The fraction of sp³-hybridized carbons (Fsp3) is 0.500. The minimum absolute atomic E-state index is 0.0316. The number of nitrogens with zero attached hydrogens (tertiary/aromatic N) is 2. The number of carbonyl (C=O) groups excluding carboxylic acids is 1. The summed E-state index contributed by atoms with van der Waals surface area (Å²) in [6, 6.07) is 1.79. The van der Waals surface area contributed by atoms with E-state index in [0.717, 1.165) is 5.69 Å². The number of nitrogens with one attached hydrogen (secondary N) is 1. The zero-order chi connectivity index (χ0) is 10.8. The number of aromatic nitrogens is 2. The lowest BCUT2D eigenvalue weighted by molar-refractivity contribution is -0.114. The summed E-state index contributed by atoms with van der Waals surface area (Å²) in [5, 5.41) is 2.63. The van der Waals surface area contributed by atoms with E-state index in [9.17, 15) is 4.79 Å². The zero-order valence-electron chi connectivity index (χ0n) is 8.96. The van der Waals surface area contributed by atoms with Gasteiger partial charge < -0.3 is 5.32 Å². The van der Waals surface area contributed by atoms with Gasteiger partial charge in [-0.3, -0.25) is 4.79 Å². The molecule has 0 spiro atoms. The maximum Gasteiger partial charge on any atom is 0.222 e. The van der Waals surface area contributed by atoms with E-state index in [0.29, 0.717) is 5.82 Å². The molecule has 76 valence electrons. The van der Waals surface area contributed by atoms with E-state index < -0.39 is 0 Å². The Morgan fingerprint density at radius 3 is 2.50 bits per heavy atom. The zero-order valence-corrected chi connectivity index (χ0v) is 8.96. The maximum absolute atomic E-state index is 10.8. The fourth-order valence-electron chi connectivity index (χ4n) is 1.02. The average molecular weight is 193 g/mol. The molecule has 0 radical (unpaired) electrons. The molecule has 0 unspecified atom stereocenters. The molecule has 4 nitrogen and oxygen atoms in total. The van der Waals surface area contributed by atoms with Gasteiger partial charge in [-0.2, -0.15) is 0 Å². The van der Waals surface area contributed by atoms with E-state index in [4.69, 9.17) is 0 Å². The van der Waals surface area contributed by atoms with Gasteiger partial charge in [-0.05, 0) is 0 Å². The lowest BCUT2D eigenvalue weighted by atomic mass is 9.92. The molecule has 0 aliphatic rings. The molecule has 1 aromatic rings. The second-order valence-electron chi connectivity index (χ2n) is 4.22. The van der Waals surface area contributed by atoms with Crippen molar-refractivity contribution in [3.63, 3.8) is 0 Å². The van der Waals surface area contributed by atoms with Crippen LogP contribution < -0.4 is 5.32 Å². The number of hydrogen-bond acceptors (Lipinski definition) is 3. The Morgan fingerprint density at radius 1 is 1.36 bits per heavy atom. The van der Waals surface area contributed by atoms with Gasteiger partial charge in [0, 0.05) is 18.4 Å². The van der Waals surface area contributed by atoms with E-state index in [1.54, 1.807) is 6.07 Å². The van der Waals surface area contributed by atoms with Crippen LogP contribution in [0.25, 0.3) is 0 Å². The summed E-state index contributed by atoms with van der Waals surface area (Å²) in [5.41, 5.74) is 0.882. The van der Waals surface area contributed by atoms with Gasteiger partial charge >= 0.3 is 0 Å². The molecule has 1 aromatic heterocycles. The smallest absolute Gasteiger partial charge is 0.222 e. The highest BCUT2D eigenvalue weighted by Gasteiger charge is 2.15. The summed E-state index contributed by atoms with van der Waals surface area (Å²) in [5.74, 6) is 0.431. The quantitative estimate of drug-likeness (QED) is 0.739. The number of carbonyl (C=O) groups is 1. The highest BCUT2D eigenvalue weighted by Crippen LogP contribution is 2.20. The highest BCUT2D eigenvalue weighted by atomic mass is 16.1. The molecule has 0 fully saturated rings. The van der Waals surface area contributed by atoms with Crippen LogP contribution in [-0.2, 0) is 10.2 Å². The van der Waals surface area contributed by atoms with Crippen molar-refractivity contribution in [1.82, 2.24) is 9.97 Å². The first-order valence-corrected chi connectivity index (χ1v) is 4.50. The van der Waals surface area contributed by atoms with Gasteiger partial charge in [0.05, 0.1) is 5.69 Å². The first-order chi connectivity index (χ1) is 6.39. The summed E-state index contributed by atoms with van der Waals surface area (Å²) >= 11 is 0. The van der Waals surface area contributed by atoms with Crippen molar-refractivity contribution in [2.24, 2.45) is 0 Å². The normalized spacial score (nSPS) is 11.1. The van der Waals surface area contributed by atoms with Gasteiger partial charge in [0.2, 0.25) is 5.91 Å². The third kappa shape index (κ3) is 2.80. The number of amides is 1. The summed E-state index contributed by atoms with van der Waals surface area (Å²) in [4.78, 5) is 18.9. The number of anilines is 1. The van der Waals surface area contributed by atoms with Crippen LogP contribution in [0.15, 0.2) is 12.4 Å². The van der Waals surface area contributed by atoms with Crippen molar-refractivity contribution < 1.29 is 4.79 Å². The molecule has 1 rings (SSSR count). The second-order valence-corrected chi connectivity index (χ2v) is 4.22. The van der Waals surface area contributed by atoms with E-state index in [-0.39, 0.29) is 11.3 Å². The maximum atomic E-state index is 10.8. The average Bonchev–Trinajstić information content (AvgIpc) is 2.01. The van der Waals surface area contributed by atoms with Gasteiger partial charge in [-0.1, -0.05) is 20.8 Å². The van der Waals surface area contributed by atoms with E-state index >= 15 is 0 Å². The van der Waals surface area contributed by atoms with Crippen molar-refractivity contribution >= 4 is 11.7 Å². The molecule has 0 saturated carbocycles. The molecule has 0 aliphatic carbocycles. The van der Waals surface area contributed by atoms with Crippen LogP contribution in [-0.4, -0.2) is 15.9 Å². The molecule has 0 aromatic carbocycles. The van der Waals surface area contributed by atoms with Gasteiger partial charge in [-0.15, -0.1) is 0 Å². The van der Waals surface area contributed by atoms with Crippen LogP contribution in [0.4, 0.5) is 5.82 Å². The number of rotatable bonds is 1. The molecular formula is C10H15N3O. The van der Waals surface area contributed by atoms with Crippen LogP contribution in [0, 0.1) is 0 Å². The predicted molar refractivity (Wildman–Crippen MR) is 55.0 cm³/mol. The van der Waals surface area contributed by atoms with Crippen LogP contribution in [0.3, 0.4) is 0 Å². The second kappa shape index (κ2) is 3.74. The largest absolute Gasteiger partial charge is 0.311 e. The highest BCUT2D eigenvalue weighted by molar-refractivity contribution is 5.87. The number of hydrogen-bond donors (Lipinski definition) is 1. The summed E-state index contributed by atoms with van der Waals surface area (Å²) < 4.78 is 0. The Kier molecular flexibility index (Phi) is 2.84. The summed E-state index contributed by atoms with van der Waals surface area (Å²) in [7, 11) is 0. The van der Waals surface area contributed by atoms with Crippen LogP contribution >= 0.6 is 0 Å². The molecule has 0 aliphatic heterocycles. The molecule has 0 saturated heterocycles. The Hall–Kier alpha value is -1.45. The van der Waals surface area contributed by atoms with Gasteiger partial charge in [0.1, 0.15) is 12.1 Å². The molecule has 14 heavy (non-hydrogen) atoms. The van der Waals surface area contributed by atoms with Gasteiger partial charge in [-0.25, -0.2) is 9.97 Å². The van der Waals surface area contributed by atoms with Gasteiger partial charge in [0.25, 0.3) is 0 Å². The Bertz CT molecular complexity index is 341. The molecule has 1 amide bonds.